The third kappa shape index (κ3) is 19.2. The van der Waals surface area contributed by atoms with Gasteiger partial charge in [0.2, 0.25) is 0 Å². The van der Waals surface area contributed by atoms with Gasteiger partial charge in [-0.05, 0) is 76.2 Å². The van der Waals surface area contributed by atoms with Crippen molar-refractivity contribution in [3.8, 4) is 22.8 Å². The Morgan fingerprint density at radius 3 is 0.667 bits per heavy atom. The normalized spacial score (nSPS) is 10.4. The maximum atomic E-state index is 8.49. The fourth-order valence-electron chi connectivity index (χ4n) is 2.74. The Labute approximate surface area is 242 Å². The van der Waals surface area contributed by atoms with Gasteiger partial charge >= 0.3 is 19.5 Å². The summed E-state index contributed by atoms with van der Waals surface area (Å²) in [7, 11) is -9.89. The van der Waals surface area contributed by atoms with Crippen LogP contribution in [0, 0.1) is 48.2 Å². The van der Waals surface area contributed by atoms with Gasteiger partial charge in [-0.15, -0.1) is 20.5 Å². The molecule has 39 heavy (non-hydrogen) atoms. The first-order chi connectivity index (χ1) is 17.5. The molecular formula is C24H24Cl2N4O8Zn. The van der Waals surface area contributed by atoms with Crippen molar-refractivity contribution in [3.05, 3.63) is 95.6 Å². The summed E-state index contributed by atoms with van der Waals surface area (Å²) in [6.07, 6.45) is 0. The molecule has 0 aliphatic rings. The van der Waals surface area contributed by atoms with E-state index >= 15 is 0 Å². The minimum absolute atomic E-state index is 0. The molecule has 4 heterocycles. The molecule has 0 aliphatic heterocycles. The van der Waals surface area contributed by atoms with Crippen molar-refractivity contribution < 1.29 is 77.2 Å². The van der Waals surface area contributed by atoms with Crippen LogP contribution in [0.2, 0.25) is 0 Å². The molecule has 4 aromatic rings. The van der Waals surface area contributed by atoms with Crippen LogP contribution in [0.25, 0.3) is 22.8 Å². The van der Waals surface area contributed by atoms with Gasteiger partial charge < -0.3 is 0 Å². The first-order valence-electron chi connectivity index (χ1n) is 10.5. The molecule has 0 N–H and O–H groups in total. The Morgan fingerprint density at radius 1 is 0.385 bits per heavy atom. The third-order valence-electron chi connectivity index (χ3n) is 4.08. The number of nitrogens with zero attached hydrogens (tertiary/aromatic N) is 4. The SMILES string of the molecule is Cc1cccc(-c2cccc(C)n2)n1.Cc1cccc(-c2cccc(C)n2)n1.[O-][Cl+3]([O-])([O-])[O-].[O-][Cl+3]([O-])([O-])[O-].[Zn+2]. The van der Waals surface area contributed by atoms with Crippen LogP contribution in [0.4, 0.5) is 0 Å². The zero-order valence-electron chi connectivity index (χ0n) is 21.4. The second kappa shape index (κ2) is 17.2. The summed E-state index contributed by atoms with van der Waals surface area (Å²) in [6.45, 7) is 7.94. The topological polar surface area (TPSA) is 236 Å². The molecule has 0 bridgehead atoms. The van der Waals surface area contributed by atoms with E-state index in [1.165, 1.54) is 0 Å². The van der Waals surface area contributed by atoms with E-state index in [1.54, 1.807) is 0 Å². The van der Waals surface area contributed by atoms with Crippen LogP contribution in [-0.2, 0) is 19.5 Å². The van der Waals surface area contributed by atoms with E-state index in [4.69, 9.17) is 37.3 Å². The molecule has 12 nitrogen and oxygen atoms in total. The minimum Gasteiger partial charge on any atom is -0.251 e. The van der Waals surface area contributed by atoms with E-state index in [0.29, 0.717) is 0 Å². The van der Waals surface area contributed by atoms with E-state index in [9.17, 15) is 0 Å². The molecular weight excluding hydrogens is 609 g/mol. The van der Waals surface area contributed by atoms with E-state index in [-0.39, 0.29) is 19.5 Å². The number of aryl methyl sites for hydroxylation is 4. The van der Waals surface area contributed by atoms with Gasteiger partial charge in [0.1, 0.15) is 0 Å². The summed E-state index contributed by atoms with van der Waals surface area (Å²) in [6, 6.07) is 23.9. The molecule has 0 aliphatic carbocycles. The monoisotopic (exact) mass is 630 g/mol. The molecule has 15 heteroatoms. The summed E-state index contributed by atoms with van der Waals surface area (Å²) in [5.41, 5.74) is 7.83. The maximum absolute atomic E-state index is 8.49. The smallest absolute Gasteiger partial charge is 0.251 e. The molecule has 0 aromatic carbocycles. The van der Waals surface area contributed by atoms with E-state index in [1.807, 2.05) is 100 Å². The Balaban J connectivity index is 0.000000545. The number of halogens is 2. The Bertz CT molecular complexity index is 1090. The number of pyridine rings is 4. The second-order valence-electron chi connectivity index (χ2n) is 7.41. The second-order valence-corrected chi connectivity index (χ2v) is 8.92. The van der Waals surface area contributed by atoms with Crippen molar-refractivity contribution in [2.24, 2.45) is 0 Å². The van der Waals surface area contributed by atoms with Crippen LogP contribution in [0.3, 0.4) is 0 Å². The Morgan fingerprint density at radius 2 is 0.538 bits per heavy atom. The first-order valence-corrected chi connectivity index (χ1v) is 13.0. The first kappa shape index (κ1) is 36.5. The Kier molecular flexibility index (Phi) is 16.1. The van der Waals surface area contributed by atoms with Crippen LogP contribution in [-0.4, -0.2) is 19.9 Å². The fourth-order valence-corrected chi connectivity index (χ4v) is 2.74. The number of hydrogen-bond acceptors (Lipinski definition) is 12. The zero-order chi connectivity index (χ0) is 28.9. The van der Waals surface area contributed by atoms with Gasteiger partial charge in [-0.1, -0.05) is 24.3 Å². The fraction of sp³-hybridized carbons (Fsp3) is 0.167. The maximum Gasteiger partial charge on any atom is 2.00 e. The van der Waals surface area contributed by atoms with Gasteiger partial charge in [0.05, 0.1) is 22.8 Å². The van der Waals surface area contributed by atoms with Crippen molar-refractivity contribution in [1.29, 1.82) is 0 Å². The zero-order valence-corrected chi connectivity index (χ0v) is 25.9. The summed E-state index contributed by atoms with van der Waals surface area (Å²) in [5, 5.41) is 0. The van der Waals surface area contributed by atoms with Gasteiger partial charge in [-0.25, -0.2) is 37.3 Å². The van der Waals surface area contributed by atoms with Gasteiger partial charge in [0.25, 0.3) is 0 Å². The molecule has 0 radical (unpaired) electrons. The van der Waals surface area contributed by atoms with Crippen molar-refractivity contribution in [3.63, 3.8) is 0 Å². The van der Waals surface area contributed by atoms with Gasteiger partial charge in [-0.3, -0.25) is 19.9 Å². The van der Waals surface area contributed by atoms with Gasteiger partial charge in [-0.2, -0.15) is 0 Å². The molecule has 0 atom stereocenters. The van der Waals surface area contributed by atoms with E-state index in [0.717, 1.165) is 45.6 Å². The van der Waals surface area contributed by atoms with Crippen molar-refractivity contribution in [2.75, 3.05) is 0 Å². The van der Waals surface area contributed by atoms with E-state index in [2.05, 4.69) is 19.9 Å². The average molecular weight is 633 g/mol. The molecule has 0 unspecified atom stereocenters. The molecule has 204 valence electrons. The Hall–Kier alpha value is -2.52. The predicted octanol–water partition coefficient (Wildman–Crippen LogP) is -3.99. The van der Waals surface area contributed by atoms with Crippen molar-refractivity contribution in [1.82, 2.24) is 19.9 Å². The average Bonchev–Trinajstić information content (AvgIpc) is 2.77. The molecule has 4 aromatic heterocycles. The van der Waals surface area contributed by atoms with Crippen LogP contribution in [0.5, 0.6) is 0 Å². The molecule has 4 rings (SSSR count). The minimum atomic E-state index is -4.94. The van der Waals surface area contributed by atoms with Crippen LogP contribution in [0.15, 0.2) is 72.8 Å². The molecule has 0 saturated carbocycles. The standard InChI is InChI=1S/2C12H12N2.2ClHO4.Zn/c2*1-9-5-3-7-11(13-9)12-8-4-6-10(2)14-12;2*2-1(3,4)5;/h2*3-8H,1-2H3;2*(H,2,3,4,5);/q;;;;+2/p-2. The van der Waals surface area contributed by atoms with Crippen LogP contribution in [0.1, 0.15) is 22.8 Å². The largest absolute Gasteiger partial charge is 2.00 e. The van der Waals surface area contributed by atoms with Gasteiger partial charge in [0.15, 0.2) is 0 Å². The molecule has 0 amide bonds. The number of hydrogen-bond donors (Lipinski definition) is 0. The molecule has 0 spiro atoms. The van der Waals surface area contributed by atoms with Crippen LogP contribution >= 0.6 is 0 Å². The predicted molar refractivity (Wildman–Crippen MR) is 114 cm³/mol. The third-order valence-corrected chi connectivity index (χ3v) is 4.08. The quantitative estimate of drug-likeness (QED) is 0.192. The van der Waals surface area contributed by atoms with Crippen LogP contribution < -0.4 is 37.3 Å². The summed E-state index contributed by atoms with van der Waals surface area (Å²) in [4.78, 5) is 17.7. The summed E-state index contributed by atoms with van der Waals surface area (Å²) < 4.78 is 67.9. The number of rotatable bonds is 2. The molecule has 0 saturated heterocycles. The summed E-state index contributed by atoms with van der Waals surface area (Å²) >= 11 is 0. The van der Waals surface area contributed by atoms with Crippen molar-refractivity contribution in [2.45, 2.75) is 27.7 Å². The van der Waals surface area contributed by atoms with Crippen molar-refractivity contribution >= 4 is 0 Å². The summed E-state index contributed by atoms with van der Waals surface area (Å²) in [5.74, 6) is 0. The molecule has 0 fully saturated rings. The van der Waals surface area contributed by atoms with E-state index < -0.39 is 20.5 Å². The number of aromatic nitrogens is 4. The van der Waals surface area contributed by atoms with Gasteiger partial charge in [0, 0.05) is 22.8 Å².